The zero-order chi connectivity index (χ0) is 14.7. The molecule has 1 heterocycles. The molecule has 0 aliphatic rings. The van der Waals surface area contributed by atoms with Crippen LogP contribution in [-0.4, -0.2) is 9.97 Å². The van der Waals surface area contributed by atoms with Gasteiger partial charge in [-0.05, 0) is 37.1 Å². The van der Waals surface area contributed by atoms with Gasteiger partial charge in [0.1, 0.15) is 5.75 Å². The van der Waals surface area contributed by atoms with Crippen LogP contribution in [0, 0.1) is 31.0 Å². The molecule has 0 unspecified atom stereocenters. The Balaban J connectivity index is 2.43. The number of hydrazine groups is 1. The van der Waals surface area contributed by atoms with Crippen molar-refractivity contribution in [3.63, 3.8) is 0 Å². The lowest BCUT2D eigenvalue weighted by Gasteiger charge is -2.12. The van der Waals surface area contributed by atoms with Gasteiger partial charge in [0.25, 0.3) is 5.88 Å². The third-order valence-corrected chi connectivity index (χ3v) is 2.63. The second-order valence-electron chi connectivity index (χ2n) is 4.14. The first-order chi connectivity index (χ1) is 9.55. The molecule has 0 amide bonds. The van der Waals surface area contributed by atoms with Crippen molar-refractivity contribution in [2.75, 3.05) is 5.43 Å². The standard InChI is InChI=1S/C13H12FN5O/c1-7-3-9(5-15)4-8(2)11(7)20-12-10(14)6-17-13(18-12)19-16/h3-4,6H,16H2,1-2H3,(H,17,18,19). The van der Waals surface area contributed by atoms with Crippen LogP contribution in [0.3, 0.4) is 0 Å². The molecule has 0 saturated carbocycles. The number of rotatable bonds is 3. The lowest BCUT2D eigenvalue weighted by Crippen LogP contribution is -2.11. The molecule has 1 aromatic carbocycles. The minimum absolute atomic E-state index is 0.0466. The molecule has 20 heavy (non-hydrogen) atoms. The molecule has 0 atom stereocenters. The summed E-state index contributed by atoms with van der Waals surface area (Å²) in [4.78, 5) is 7.43. The first-order valence-electron chi connectivity index (χ1n) is 5.73. The van der Waals surface area contributed by atoms with E-state index in [9.17, 15) is 4.39 Å². The Labute approximate surface area is 115 Å². The first kappa shape index (κ1) is 13.7. The summed E-state index contributed by atoms with van der Waals surface area (Å²) in [5.41, 5.74) is 4.15. The van der Waals surface area contributed by atoms with Crippen molar-refractivity contribution in [1.82, 2.24) is 9.97 Å². The van der Waals surface area contributed by atoms with Crippen LogP contribution in [0.4, 0.5) is 10.3 Å². The Kier molecular flexibility index (Phi) is 3.77. The fourth-order valence-corrected chi connectivity index (χ4v) is 1.77. The van der Waals surface area contributed by atoms with Gasteiger partial charge in [0.05, 0.1) is 17.8 Å². The Morgan fingerprint density at radius 3 is 2.55 bits per heavy atom. The summed E-state index contributed by atoms with van der Waals surface area (Å²) in [6, 6.07) is 5.36. The number of nitrogens with one attached hydrogen (secondary N) is 1. The number of halogens is 1. The minimum Gasteiger partial charge on any atom is -0.436 e. The van der Waals surface area contributed by atoms with E-state index in [4.69, 9.17) is 15.8 Å². The second-order valence-corrected chi connectivity index (χ2v) is 4.14. The molecule has 2 aromatic rings. The molecule has 0 aliphatic heterocycles. The van der Waals surface area contributed by atoms with Gasteiger partial charge < -0.3 is 4.74 Å². The number of nitrogens with zero attached hydrogens (tertiary/aromatic N) is 3. The second kappa shape index (κ2) is 5.50. The number of hydrogen-bond acceptors (Lipinski definition) is 6. The third-order valence-electron chi connectivity index (χ3n) is 2.63. The summed E-state index contributed by atoms with van der Waals surface area (Å²) in [5.74, 6) is 4.73. The van der Waals surface area contributed by atoms with Crippen LogP contribution >= 0.6 is 0 Å². The van der Waals surface area contributed by atoms with Crippen molar-refractivity contribution < 1.29 is 9.13 Å². The average Bonchev–Trinajstić information content (AvgIpc) is 2.44. The highest BCUT2D eigenvalue weighted by atomic mass is 19.1. The summed E-state index contributed by atoms with van der Waals surface area (Å²) in [5, 5.41) is 8.89. The SMILES string of the molecule is Cc1cc(C#N)cc(C)c1Oc1nc(NN)ncc1F. The van der Waals surface area contributed by atoms with E-state index in [1.807, 2.05) is 6.07 Å². The van der Waals surface area contributed by atoms with E-state index in [0.717, 1.165) is 6.20 Å². The highest BCUT2D eigenvalue weighted by Crippen LogP contribution is 2.30. The number of nitrogens with two attached hydrogens (primary N) is 1. The Hall–Kier alpha value is -2.72. The smallest absolute Gasteiger partial charge is 0.260 e. The average molecular weight is 273 g/mol. The Morgan fingerprint density at radius 1 is 1.35 bits per heavy atom. The van der Waals surface area contributed by atoms with Crippen LogP contribution < -0.4 is 16.0 Å². The summed E-state index contributed by atoms with van der Waals surface area (Å²) < 4.78 is 19.1. The van der Waals surface area contributed by atoms with Crippen molar-refractivity contribution in [2.45, 2.75) is 13.8 Å². The molecule has 0 saturated heterocycles. The van der Waals surface area contributed by atoms with E-state index >= 15 is 0 Å². The lowest BCUT2D eigenvalue weighted by molar-refractivity contribution is 0.415. The van der Waals surface area contributed by atoms with Gasteiger partial charge in [0.15, 0.2) is 0 Å². The third kappa shape index (κ3) is 2.65. The Bertz CT molecular complexity index is 673. The normalized spacial score (nSPS) is 9.95. The van der Waals surface area contributed by atoms with E-state index < -0.39 is 5.82 Å². The fraction of sp³-hybridized carbons (Fsp3) is 0.154. The highest BCUT2D eigenvalue weighted by molar-refractivity contribution is 5.48. The van der Waals surface area contributed by atoms with Crippen molar-refractivity contribution in [3.8, 4) is 17.7 Å². The van der Waals surface area contributed by atoms with Crippen molar-refractivity contribution in [3.05, 3.63) is 40.8 Å². The first-order valence-corrected chi connectivity index (χ1v) is 5.73. The molecule has 1 aromatic heterocycles. The lowest BCUT2D eigenvalue weighted by atomic mass is 10.1. The molecule has 0 radical (unpaired) electrons. The van der Waals surface area contributed by atoms with Crippen LogP contribution in [0.2, 0.25) is 0 Å². The van der Waals surface area contributed by atoms with Gasteiger partial charge in [0.2, 0.25) is 11.8 Å². The maximum Gasteiger partial charge on any atom is 0.260 e. The van der Waals surface area contributed by atoms with E-state index in [1.165, 1.54) is 0 Å². The summed E-state index contributed by atoms with van der Waals surface area (Å²) in [6.45, 7) is 3.54. The maximum atomic E-state index is 13.6. The summed E-state index contributed by atoms with van der Waals surface area (Å²) in [7, 11) is 0. The van der Waals surface area contributed by atoms with Crippen LogP contribution in [-0.2, 0) is 0 Å². The molecule has 102 valence electrons. The van der Waals surface area contributed by atoms with Crippen LogP contribution in [0.15, 0.2) is 18.3 Å². The maximum absolute atomic E-state index is 13.6. The minimum atomic E-state index is -0.702. The number of anilines is 1. The largest absolute Gasteiger partial charge is 0.436 e. The monoisotopic (exact) mass is 273 g/mol. The van der Waals surface area contributed by atoms with Gasteiger partial charge in [-0.15, -0.1) is 0 Å². The molecule has 2 rings (SSSR count). The van der Waals surface area contributed by atoms with Crippen molar-refractivity contribution in [2.24, 2.45) is 5.84 Å². The van der Waals surface area contributed by atoms with Crippen molar-refractivity contribution in [1.29, 1.82) is 5.26 Å². The number of ether oxygens (including phenoxy) is 1. The molecule has 0 bridgehead atoms. The van der Waals surface area contributed by atoms with Crippen LogP contribution in [0.5, 0.6) is 11.6 Å². The van der Waals surface area contributed by atoms with Crippen LogP contribution in [0.25, 0.3) is 0 Å². The fourth-order valence-electron chi connectivity index (χ4n) is 1.77. The highest BCUT2D eigenvalue weighted by Gasteiger charge is 2.13. The van der Waals surface area contributed by atoms with E-state index in [0.29, 0.717) is 22.4 Å². The van der Waals surface area contributed by atoms with Gasteiger partial charge in [0, 0.05) is 0 Å². The van der Waals surface area contributed by atoms with Crippen molar-refractivity contribution >= 4 is 5.95 Å². The van der Waals surface area contributed by atoms with E-state index in [1.54, 1.807) is 26.0 Å². The van der Waals surface area contributed by atoms with Gasteiger partial charge in [-0.3, -0.25) is 5.43 Å². The topological polar surface area (TPSA) is 96.8 Å². The van der Waals surface area contributed by atoms with E-state index in [2.05, 4.69) is 15.4 Å². The van der Waals surface area contributed by atoms with Crippen LogP contribution in [0.1, 0.15) is 16.7 Å². The number of nitrogen functional groups attached to an aromatic ring is 1. The van der Waals surface area contributed by atoms with Gasteiger partial charge in [-0.2, -0.15) is 14.6 Å². The van der Waals surface area contributed by atoms with E-state index in [-0.39, 0.29) is 11.8 Å². The van der Waals surface area contributed by atoms with Gasteiger partial charge in [-0.1, -0.05) is 0 Å². The van der Waals surface area contributed by atoms with Gasteiger partial charge >= 0.3 is 0 Å². The molecule has 3 N–H and O–H groups in total. The molecule has 6 nitrogen and oxygen atoms in total. The number of nitriles is 1. The molecule has 0 fully saturated rings. The molecule has 7 heteroatoms. The number of aromatic nitrogens is 2. The predicted octanol–water partition coefficient (Wildman–Crippen LogP) is 2.18. The molecule has 0 aliphatic carbocycles. The molecular weight excluding hydrogens is 261 g/mol. The summed E-state index contributed by atoms with van der Waals surface area (Å²) in [6.07, 6.45) is 0.964. The number of aryl methyl sites for hydroxylation is 2. The van der Waals surface area contributed by atoms with Gasteiger partial charge in [-0.25, -0.2) is 10.8 Å². The molecular formula is C13H12FN5O. The zero-order valence-electron chi connectivity index (χ0n) is 10.9. The summed E-state index contributed by atoms with van der Waals surface area (Å²) >= 11 is 0. The predicted molar refractivity (Wildman–Crippen MR) is 70.5 cm³/mol. The number of benzene rings is 1. The number of hydrogen-bond donors (Lipinski definition) is 2. The molecule has 0 spiro atoms. The Morgan fingerprint density at radius 2 is 2.00 bits per heavy atom. The zero-order valence-corrected chi connectivity index (χ0v) is 10.9. The quantitative estimate of drug-likeness (QED) is 0.657.